The molecule has 4 rings (SSSR count). The van der Waals surface area contributed by atoms with Crippen LogP contribution in [-0.2, 0) is 0 Å². The molecule has 0 unspecified atom stereocenters. The monoisotopic (exact) mass is 450 g/mol. The number of anilines is 1. The van der Waals surface area contributed by atoms with E-state index in [2.05, 4.69) is 15.4 Å². The Balaban J connectivity index is 1.83. The van der Waals surface area contributed by atoms with E-state index in [0.717, 1.165) is 27.9 Å². The van der Waals surface area contributed by atoms with E-state index >= 15 is 0 Å². The minimum atomic E-state index is -0.441. The summed E-state index contributed by atoms with van der Waals surface area (Å²) in [6.07, 6.45) is 0. The lowest BCUT2D eigenvalue weighted by atomic mass is 10.1. The van der Waals surface area contributed by atoms with Crippen LogP contribution >= 0.6 is 23.2 Å². The SMILES string of the molecule is Cc1cccc(-n2nc(C(=O)Nc3c(C)cccc3Cl)nc2-c2cccc(Cl)c2)c1C. The lowest BCUT2D eigenvalue weighted by molar-refractivity contribution is 0.101. The van der Waals surface area contributed by atoms with E-state index in [1.807, 2.05) is 63.2 Å². The van der Waals surface area contributed by atoms with Crippen molar-refractivity contribution in [2.45, 2.75) is 20.8 Å². The summed E-state index contributed by atoms with van der Waals surface area (Å²) in [6.45, 7) is 5.92. The standard InChI is InChI=1S/C24H20Cl2N4O/c1-14-7-5-12-20(16(14)3)30-23(17-9-6-10-18(25)13-17)28-22(29-30)24(31)27-21-15(2)8-4-11-19(21)26/h4-13H,1-3H3,(H,27,31). The maximum atomic E-state index is 13.0. The number of nitrogens with one attached hydrogen (secondary N) is 1. The molecule has 0 saturated heterocycles. The molecule has 0 bridgehead atoms. The molecule has 0 aliphatic rings. The number of hydrogen-bond donors (Lipinski definition) is 1. The van der Waals surface area contributed by atoms with Crippen molar-refractivity contribution in [2.75, 3.05) is 5.32 Å². The van der Waals surface area contributed by atoms with Gasteiger partial charge in [-0.25, -0.2) is 9.67 Å². The summed E-state index contributed by atoms with van der Waals surface area (Å²) in [6, 6.07) is 18.7. The minimum absolute atomic E-state index is 0.0372. The van der Waals surface area contributed by atoms with Gasteiger partial charge in [-0.15, -0.1) is 5.10 Å². The third kappa shape index (κ3) is 4.20. The van der Waals surface area contributed by atoms with Gasteiger partial charge in [-0.3, -0.25) is 4.79 Å². The predicted octanol–water partition coefficient (Wildman–Crippen LogP) is 6.42. The maximum absolute atomic E-state index is 13.0. The summed E-state index contributed by atoms with van der Waals surface area (Å²) in [4.78, 5) is 17.6. The Hall–Kier alpha value is -3.15. The van der Waals surface area contributed by atoms with Crippen molar-refractivity contribution in [3.8, 4) is 17.1 Å². The number of amides is 1. The van der Waals surface area contributed by atoms with E-state index in [1.54, 1.807) is 22.9 Å². The van der Waals surface area contributed by atoms with Crippen molar-refractivity contribution >= 4 is 34.8 Å². The van der Waals surface area contributed by atoms with Crippen molar-refractivity contribution in [3.05, 3.63) is 93.2 Å². The first-order valence-electron chi connectivity index (χ1n) is 9.71. The van der Waals surface area contributed by atoms with Gasteiger partial charge < -0.3 is 5.32 Å². The maximum Gasteiger partial charge on any atom is 0.295 e. The molecule has 0 spiro atoms. The second kappa shape index (κ2) is 8.53. The highest BCUT2D eigenvalue weighted by molar-refractivity contribution is 6.34. The Labute approximate surface area is 190 Å². The van der Waals surface area contributed by atoms with Crippen molar-refractivity contribution in [1.82, 2.24) is 14.8 Å². The molecule has 0 radical (unpaired) electrons. The highest BCUT2D eigenvalue weighted by Gasteiger charge is 2.21. The lowest BCUT2D eigenvalue weighted by Crippen LogP contribution is -2.15. The number of carbonyl (C=O) groups is 1. The third-order valence-electron chi connectivity index (χ3n) is 5.16. The molecular formula is C24H20Cl2N4O. The van der Waals surface area contributed by atoms with Crippen LogP contribution in [-0.4, -0.2) is 20.7 Å². The Bertz CT molecular complexity index is 1280. The molecule has 1 aromatic heterocycles. The fourth-order valence-electron chi connectivity index (χ4n) is 3.32. The number of aryl methyl sites for hydroxylation is 2. The largest absolute Gasteiger partial charge is 0.318 e. The summed E-state index contributed by atoms with van der Waals surface area (Å²) in [5.41, 5.74) is 5.16. The predicted molar refractivity (Wildman–Crippen MR) is 125 cm³/mol. The van der Waals surface area contributed by atoms with Crippen molar-refractivity contribution in [2.24, 2.45) is 0 Å². The highest BCUT2D eigenvalue weighted by atomic mass is 35.5. The van der Waals surface area contributed by atoms with Crippen LogP contribution in [0, 0.1) is 20.8 Å². The van der Waals surface area contributed by atoms with Gasteiger partial charge in [-0.05, 0) is 61.7 Å². The van der Waals surface area contributed by atoms with Crippen LogP contribution in [0.4, 0.5) is 5.69 Å². The van der Waals surface area contributed by atoms with Crippen LogP contribution in [0.15, 0.2) is 60.7 Å². The normalized spacial score (nSPS) is 10.9. The first-order chi connectivity index (χ1) is 14.8. The van der Waals surface area contributed by atoms with E-state index in [0.29, 0.717) is 21.6 Å². The molecule has 5 nitrogen and oxygen atoms in total. The Morgan fingerprint density at radius 3 is 2.39 bits per heavy atom. The van der Waals surface area contributed by atoms with Crippen LogP contribution in [0.5, 0.6) is 0 Å². The van der Waals surface area contributed by atoms with Crippen LogP contribution < -0.4 is 5.32 Å². The van der Waals surface area contributed by atoms with Gasteiger partial charge in [0.05, 0.1) is 16.4 Å². The topological polar surface area (TPSA) is 59.8 Å². The van der Waals surface area contributed by atoms with Crippen molar-refractivity contribution < 1.29 is 4.79 Å². The number of benzene rings is 3. The second-order valence-corrected chi connectivity index (χ2v) is 8.13. The summed E-state index contributed by atoms with van der Waals surface area (Å²) in [7, 11) is 0. The van der Waals surface area contributed by atoms with Gasteiger partial charge in [0.15, 0.2) is 5.82 Å². The highest BCUT2D eigenvalue weighted by Crippen LogP contribution is 2.28. The van der Waals surface area contributed by atoms with Gasteiger partial charge in [0.2, 0.25) is 5.82 Å². The van der Waals surface area contributed by atoms with Crippen LogP contribution in [0.3, 0.4) is 0 Å². The minimum Gasteiger partial charge on any atom is -0.318 e. The number of nitrogens with zero attached hydrogens (tertiary/aromatic N) is 3. The fraction of sp³-hybridized carbons (Fsp3) is 0.125. The van der Waals surface area contributed by atoms with E-state index < -0.39 is 5.91 Å². The van der Waals surface area contributed by atoms with Crippen molar-refractivity contribution in [1.29, 1.82) is 0 Å². The molecule has 0 fully saturated rings. The first-order valence-corrected chi connectivity index (χ1v) is 10.5. The molecule has 0 aliphatic carbocycles. The molecule has 0 aliphatic heterocycles. The molecule has 0 atom stereocenters. The quantitative estimate of drug-likeness (QED) is 0.390. The van der Waals surface area contributed by atoms with Gasteiger partial charge in [-0.1, -0.05) is 59.6 Å². The zero-order valence-electron chi connectivity index (χ0n) is 17.3. The molecule has 1 amide bonds. The number of hydrogen-bond acceptors (Lipinski definition) is 3. The molecule has 7 heteroatoms. The van der Waals surface area contributed by atoms with Gasteiger partial charge in [0.1, 0.15) is 0 Å². The van der Waals surface area contributed by atoms with Gasteiger partial charge in [0.25, 0.3) is 5.91 Å². The Morgan fingerprint density at radius 1 is 0.935 bits per heavy atom. The molecule has 1 N–H and O–H groups in total. The van der Waals surface area contributed by atoms with Gasteiger partial charge >= 0.3 is 0 Å². The van der Waals surface area contributed by atoms with Gasteiger partial charge in [-0.2, -0.15) is 0 Å². The summed E-state index contributed by atoms with van der Waals surface area (Å²) in [5.74, 6) is 0.121. The molecule has 3 aromatic carbocycles. The van der Waals surface area contributed by atoms with E-state index in [4.69, 9.17) is 23.2 Å². The number of para-hydroxylation sites is 1. The lowest BCUT2D eigenvalue weighted by Gasteiger charge is -2.11. The second-order valence-electron chi connectivity index (χ2n) is 7.29. The fourth-order valence-corrected chi connectivity index (χ4v) is 3.77. The number of aromatic nitrogens is 3. The van der Waals surface area contributed by atoms with Crippen molar-refractivity contribution in [3.63, 3.8) is 0 Å². The van der Waals surface area contributed by atoms with Crippen LogP contribution in [0.2, 0.25) is 10.0 Å². The Kier molecular flexibility index (Phi) is 5.81. The summed E-state index contributed by atoms with van der Waals surface area (Å²) >= 11 is 12.5. The average molecular weight is 451 g/mol. The molecule has 1 heterocycles. The Morgan fingerprint density at radius 2 is 1.65 bits per heavy atom. The number of halogens is 2. The van der Waals surface area contributed by atoms with E-state index in [9.17, 15) is 4.79 Å². The summed E-state index contributed by atoms with van der Waals surface area (Å²) in [5, 5.41) is 8.42. The first kappa shape index (κ1) is 21.1. The zero-order valence-corrected chi connectivity index (χ0v) is 18.8. The molecule has 4 aromatic rings. The smallest absolute Gasteiger partial charge is 0.295 e. The summed E-state index contributed by atoms with van der Waals surface area (Å²) < 4.78 is 1.68. The van der Waals surface area contributed by atoms with E-state index in [1.165, 1.54) is 0 Å². The average Bonchev–Trinajstić information content (AvgIpc) is 3.18. The molecule has 0 saturated carbocycles. The van der Waals surface area contributed by atoms with Gasteiger partial charge in [0, 0.05) is 10.6 Å². The molecule has 156 valence electrons. The molecule has 31 heavy (non-hydrogen) atoms. The van der Waals surface area contributed by atoms with Crippen LogP contribution in [0.1, 0.15) is 27.3 Å². The van der Waals surface area contributed by atoms with Crippen LogP contribution in [0.25, 0.3) is 17.1 Å². The third-order valence-corrected chi connectivity index (χ3v) is 5.71. The number of carbonyl (C=O) groups excluding carboxylic acids is 1. The number of rotatable bonds is 4. The zero-order chi connectivity index (χ0) is 22.1. The molecular weight excluding hydrogens is 431 g/mol. The van der Waals surface area contributed by atoms with E-state index in [-0.39, 0.29) is 5.82 Å².